The number of nitrogens with one attached hydrogen (secondary N) is 1. The lowest BCUT2D eigenvalue weighted by Crippen LogP contribution is -2.30. The third-order valence-electron chi connectivity index (χ3n) is 4.50. The Morgan fingerprint density at radius 1 is 1.00 bits per heavy atom. The van der Waals surface area contributed by atoms with Crippen molar-refractivity contribution >= 4 is 15.9 Å². The van der Waals surface area contributed by atoms with E-state index >= 15 is 0 Å². The molecule has 0 aliphatic carbocycles. The Hall–Kier alpha value is -2.38. The van der Waals surface area contributed by atoms with Gasteiger partial charge in [0.1, 0.15) is 5.75 Å². The maximum Gasteiger partial charge on any atom is 0.251 e. The zero-order chi connectivity index (χ0) is 20.7. The van der Waals surface area contributed by atoms with Crippen molar-refractivity contribution in [1.82, 2.24) is 9.62 Å². The Balaban J connectivity index is 2.08. The quantitative estimate of drug-likeness (QED) is 0.693. The first-order valence-corrected chi connectivity index (χ1v) is 10.9. The van der Waals surface area contributed by atoms with Crippen LogP contribution in [0.3, 0.4) is 0 Å². The van der Waals surface area contributed by atoms with E-state index in [9.17, 15) is 13.2 Å². The van der Waals surface area contributed by atoms with E-state index in [-0.39, 0.29) is 16.8 Å². The summed E-state index contributed by atoms with van der Waals surface area (Å²) in [6.45, 7) is 8.82. The van der Waals surface area contributed by atoms with E-state index in [2.05, 4.69) is 5.32 Å². The number of ether oxygens (including phenoxy) is 1. The number of sulfonamides is 1. The second kappa shape index (κ2) is 9.71. The van der Waals surface area contributed by atoms with Gasteiger partial charge >= 0.3 is 0 Å². The Morgan fingerprint density at radius 3 is 2.07 bits per heavy atom. The van der Waals surface area contributed by atoms with Gasteiger partial charge in [-0.15, -0.1) is 0 Å². The first-order chi connectivity index (χ1) is 13.3. The molecule has 0 bridgehead atoms. The van der Waals surface area contributed by atoms with Crippen LogP contribution in [0.1, 0.15) is 49.7 Å². The first-order valence-electron chi connectivity index (χ1n) is 9.47. The Bertz CT molecular complexity index is 874. The molecule has 7 heteroatoms. The molecule has 0 aliphatic heterocycles. The van der Waals surface area contributed by atoms with Gasteiger partial charge in [0.05, 0.1) is 17.5 Å². The van der Waals surface area contributed by atoms with Crippen LogP contribution in [-0.4, -0.2) is 38.3 Å². The number of benzene rings is 2. The number of nitrogens with zero attached hydrogens (tertiary/aromatic N) is 1. The first kappa shape index (κ1) is 21.9. The van der Waals surface area contributed by atoms with Gasteiger partial charge in [-0.05, 0) is 55.8 Å². The fraction of sp³-hybridized carbons (Fsp3) is 0.381. The lowest BCUT2D eigenvalue weighted by Gasteiger charge is -2.19. The maximum atomic E-state index is 12.6. The summed E-state index contributed by atoms with van der Waals surface area (Å²) in [7, 11) is -3.48. The molecule has 0 saturated heterocycles. The lowest BCUT2D eigenvalue weighted by atomic mass is 10.1. The summed E-state index contributed by atoms with van der Waals surface area (Å²) < 4.78 is 31.9. The number of amides is 1. The Morgan fingerprint density at radius 2 is 1.57 bits per heavy atom. The molecule has 0 fully saturated rings. The van der Waals surface area contributed by atoms with Gasteiger partial charge in [-0.3, -0.25) is 4.79 Å². The van der Waals surface area contributed by atoms with Crippen LogP contribution in [0.15, 0.2) is 53.4 Å². The SMILES string of the molecule is CCOc1ccc(C(=O)NC(C)c2ccc(S(=O)(=O)N(CC)CC)cc2)cc1. The number of carbonyl (C=O) groups is 1. The van der Waals surface area contributed by atoms with Gasteiger partial charge in [-0.1, -0.05) is 26.0 Å². The second-order valence-electron chi connectivity index (χ2n) is 6.31. The number of hydrogen-bond donors (Lipinski definition) is 1. The molecule has 2 aromatic rings. The van der Waals surface area contributed by atoms with Crippen molar-refractivity contribution in [2.45, 2.75) is 38.6 Å². The van der Waals surface area contributed by atoms with Crippen LogP contribution in [0.2, 0.25) is 0 Å². The van der Waals surface area contributed by atoms with Crippen LogP contribution in [0, 0.1) is 0 Å². The highest BCUT2D eigenvalue weighted by Gasteiger charge is 2.21. The average Bonchev–Trinajstić information content (AvgIpc) is 2.69. The van der Waals surface area contributed by atoms with E-state index in [0.29, 0.717) is 25.3 Å². The molecule has 1 amide bonds. The van der Waals surface area contributed by atoms with Crippen LogP contribution in [0.5, 0.6) is 5.75 Å². The van der Waals surface area contributed by atoms with Crippen LogP contribution in [-0.2, 0) is 10.0 Å². The highest BCUT2D eigenvalue weighted by atomic mass is 32.2. The molecule has 1 atom stereocenters. The predicted octanol–water partition coefficient (Wildman–Crippen LogP) is 3.61. The largest absolute Gasteiger partial charge is 0.494 e. The van der Waals surface area contributed by atoms with E-state index in [4.69, 9.17) is 4.74 Å². The molecule has 0 aromatic heterocycles. The third kappa shape index (κ3) is 5.11. The number of hydrogen-bond acceptors (Lipinski definition) is 4. The minimum Gasteiger partial charge on any atom is -0.494 e. The molecule has 0 aliphatic rings. The molecule has 2 aromatic carbocycles. The molecule has 152 valence electrons. The maximum absolute atomic E-state index is 12.6. The van der Waals surface area contributed by atoms with E-state index in [1.54, 1.807) is 48.5 Å². The van der Waals surface area contributed by atoms with Gasteiger partial charge in [0.25, 0.3) is 5.91 Å². The molecule has 28 heavy (non-hydrogen) atoms. The van der Waals surface area contributed by atoms with Crippen LogP contribution >= 0.6 is 0 Å². The number of carbonyl (C=O) groups excluding carboxylic acids is 1. The zero-order valence-electron chi connectivity index (χ0n) is 16.8. The summed E-state index contributed by atoms with van der Waals surface area (Å²) in [6, 6.07) is 13.3. The molecule has 0 spiro atoms. The third-order valence-corrected chi connectivity index (χ3v) is 6.56. The molecule has 1 unspecified atom stereocenters. The molecule has 0 radical (unpaired) electrons. The van der Waals surface area contributed by atoms with Gasteiger partial charge in [0.2, 0.25) is 10.0 Å². The predicted molar refractivity (Wildman–Crippen MR) is 110 cm³/mol. The fourth-order valence-corrected chi connectivity index (χ4v) is 4.33. The highest BCUT2D eigenvalue weighted by molar-refractivity contribution is 7.89. The van der Waals surface area contributed by atoms with Crippen LogP contribution in [0.25, 0.3) is 0 Å². The van der Waals surface area contributed by atoms with Gasteiger partial charge < -0.3 is 10.1 Å². The summed E-state index contributed by atoms with van der Waals surface area (Å²) in [6.07, 6.45) is 0. The summed E-state index contributed by atoms with van der Waals surface area (Å²) in [5, 5.41) is 2.93. The van der Waals surface area contributed by atoms with Crippen molar-refractivity contribution in [3.05, 3.63) is 59.7 Å². The monoisotopic (exact) mass is 404 g/mol. The Kier molecular flexibility index (Phi) is 7.60. The fourth-order valence-electron chi connectivity index (χ4n) is 2.87. The highest BCUT2D eigenvalue weighted by Crippen LogP contribution is 2.20. The van der Waals surface area contributed by atoms with E-state index < -0.39 is 10.0 Å². The molecular formula is C21H28N2O4S. The van der Waals surface area contributed by atoms with Crippen molar-refractivity contribution in [1.29, 1.82) is 0 Å². The van der Waals surface area contributed by atoms with Crippen molar-refractivity contribution in [3.8, 4) is 5.75 Å². The van der Waals surface area contributed by atoms with Crippen molar-refractivity contribution < 1.29 is 17.9 Å². The van der Waals surface area contributed by atoms with Crippen LogP contribution < -0.4 is 10.1 Å². The summed E-state index contributed by atoms with van der Waals surface area (Å²) >= 11 is 0. The van der Waals surface area contributed by atoms with Crippen LogP contribution in [0.4, 0.5) is 0 Å². The Labute approximate surface area is 167 Å². The zero-order valence-corrected chi connectivity index (χ0v) is 17.6. The molecule has 0 saturated carbocycles. The molecule has 6 nitrogen and oxygen atoms in total. The molecule has 1 N–H and O–H groups in total. The van der Waals surface area contributed by atoms with Crippen molar-refractivity contribution in [2.24, 2.45) is 0 Å². The van der Waals surface area contributed by atoms with E-state index in [1.165, 1.54) is 4.31 Å². The normalized spacial score (nSPS) is 12.6. The van der Waals surface area contributed by atoms with Gasteiger partial charge in [0.15, 0.2) is 0 Å². The van der Waals surface area contributed by atoms with E-state index in [0.717, 1.165) is 11.3 Å². The summed E-state index contributed by atoms with van der Waals surface area (Å²) in [5.41, 5.74) is 1.37. The smallest absolute Gasteiger partial charge is 0.251 e. The molecule has 0 heterocycles. The van der Waals surface area contributed by atoms with Gasteiger partial charge in [-0.2, -0.15) is 4.31 Å². The van der Waals surface area contributed by atoms with Crippen molar-refractivity contribution in [3.63, 3.8) is 0 Å². The van der Waals surface area contributed by atoms with Crippen molar-refractivity contribution in [2.75, 3.05) is 19.7 Å². The standard InChI is InChI=1S/C21H28N2O4S/c1-5-23(6-2)28(25,26)20-14-10-17(11-15-20)16(4)22-21(24)18-8-12-19(13-9-18)27-7-3/h8-16H,5-7H2,1-4H3,(H,22,24). The minimum atomic E-state index is -3.48. The molecule has 2 rings (SSSR count). The second-order valence-corrected chi connectivity index (χ2v) is 8.25. The summed E-state index contributed by atoms with van der Waals surface area (Å²) in [4.78, 5) is 12.7. The average molecular weight is 405 g/mol. The lowest BCUT2D eigenvalue weighted by molar-refractivity contribution is 0.0940. The van der Waals surface area contributed by atoms with Gasteiger partial charge in [-0.25, -0.2) is 8.42 Å². The van der Waals surface area contributed by atoms with Gasteiger partial charge in [0, 0.05) is 18.7 Å². The number of rotatable bonds is 9. The van der Waals surface area contributed by atoms with E-state index in [1.807, 2.05) is 27.7 Å². The summed E-state index contributed by atoms with van der Waals surface area (Å²) in [5.74, 6) is 0.521. The minimum absolute atomic E-state index is 0.199. The molecular weight excluding hydrogens is 376 g/mol. The topological polar surface area (TPSA) is 75.7 Å².